The van der Waals surface area contributed by atoms with Crippen molar-refractivity contribution >= 4 is 5.91 Å². The SMILES string of the molecule is CCN(CC1CCCN1)C(=O)c1cccc(C)n1. The van der Waals surface area contributed by atoms with E-state index in [0.29, 0.717) is 11.7 Å². The van der Waals surface area contributed by atoms with Gasteiger partial charge in [0.2, 0.25) is 0 Å². The molecule has 0 aromatic carbocycles. The van der Waals surface area contributed by atoms with E-state index in [1.165, 1.54) is 6.42 Å². The summed E-state index contributed by atoms with van der Waals surface area (Å²) in [6.07, 6.45) is 2.37. The summed E-state index contributed by atoms with van der Waals surface area (Å²) < 4.78 is 0. The summed E-state index contributed by atoms with van der Waals surface area (Å²) in [5.74, 6) is 0.0369. The highest BCUT2D eigenvalue weighted by Gasteiger charge is 2.21. The first-order chi connectivity index (χ1) is 8.70. The highest BCUT2D eigenvalue weighted by Crippen LogP contribution is 2.09. The van der Waals surface area contributed by atoms with E-state index in [0.717, 1.165) is 31.7 Å². The summed E-state index contributed by atoms with van der Waals surface area (Å²) in [4.78, 5) is 18.5. The summed E-state index contributed by atoms with van der Waals surface area (Å²) in [6.45, 7) is 6.50. The summed E-state index contributed by atoms with van der Waals surface area (Å²) in [5, 5.41) is 3.42. The number of carbonyl (C=O) groups is 1. The van der Waals surface area contributed by atoms with Gasteiger partial charge in [-0.3, -0.25) is 4.79 Å². The minimum absolute atomic E-state index is 0.0369. The van der Waals surface area contributed by atoms with Crippen molar-refractivity contribution in [2.24, 2.45) is 0 Å². The lowest BCUT2D eigenvalue weighted by atomic mass is 10.2. The summed E-state index contributed by atoms with van der Waals surface area (Å²) in [6, 6.07) is 6.03. The van der Waals surface area contributed by atoms with Crippen LogP contribution in [0.2, 0.25) is 0 Å². The Hall–Kier alpha value is -1.42. The van der Waals surface area contributed by atoms with Gasteiger partial charge in [-0.1, -0.05) is 6.07 Å². The molecule has 1 fully saturated rings. The molecule has 98 valence electrons. The average Bonchev–Trinajstić information content (AvgIpc) is 2.88. The summed E-state index contributed by atoms with van der Waals surface area (Å²) in [5.41, 5.74) is 1.44. The number of aryl methyl sites for hydroxylation is 1. The molecule has 1 aliphatic heterocycles. The Balaban J connectivity index is 2.04. The van der Waals surface area contributed by atoms with E-state index in [2.05, 4.69) is 10.3 Å². The molecule has 1 saturated heterocycles. The molecule has 2 rings (SSSR count). The van der Waals surface area contributed by atoms with Crippen LogP contribution in [0, 0.1) is 6.92 Å². The Morgan fingerprint density at radius 1 is 1.56 bits per heavy atom. The van der Waals surface area contributed by atoms with Gasteiger partial charge in [-0.15, -0.1) is 0 Å². The molecule has 1 atom stereocenters. The second kappa shape index (κ2) is 5.96. The molecule has 0 bridgehead atoms. The molecule has 0 spiro atoms. The number of nitrogens with zero attached hydrogens (tertiary/aromatic N) is 2. The minimum Gasteiger partial charge on any atom is -0.336 e. The van der Waals surface area contributed by atoms with Crippen molar-refractivity contribution in [3.05, 3.63) is 29.6 Å². The third kappa shape index (κ3) is 3.07. The monoisotopic (exact) mass is 247 g/mol. The number of carbonyl (C=O) groups excluding carboxylic acids is 1. The number of pyridine rings is 1. The number of hydrogen-bond donors (Lipinski definition) is 1. The first-order valence-electron chi connectivity index (χ1n) is 6.67. The standard InChI is InChI=1S/C14H21N3O/c1-3-17(10-12-7-5-9-15-12)14(18)13-8-4-6-11(2)16-13/h4,6,8,12,15H,3,5,7,9-10H2,1-2H3. The molecular formula is C14H21N3O. The Kier molecular flexibility index (Phi) is 4.31. The third-order valence-electron chi connectivity index (χ3n) is 3.38. The molecule has 1 unspecified atom stereocenters. The second-order valence-electron chi connectivity index (χ2n) is 4.80. The fourth-order valence-corrected chi connectivity index (χ4v) is 2.36. The third-order valence-corrected chi connectivity index (χ3v) is 3.38. The molecule has 1 N–H and O–H groups in total. The lowest BCUT2D eigenvalue weighted by Crippen LogP contribution is -2.41. The van der Waals surface area contributed by atoms with Crippen LogP contribution in [0.25, 0.3) is 0 Å². The van der Waals surface area contributed by atoms with Crippen LogP contribution in [0.3, 0.4) is 0 Å². The van der Waals surface area contributed by atoms with E-state index < -0.39 is 0 Å². The lowest BCUT2D eigenvalue weighted by molar-refractivity contribution is 0.0745. The Morgan fingerprint density at radius 3 is 3.00 bits per heavy atom. The van der Waals surface area contributed by atoms with Gasteiger partial charge >= 0.3 is 0 Å². The molecule has 2 heterocycles. The van der Waals surface area contributed by atoms with Crippen LogP contribution < -0.4 is 5.32 Å². The van der Waals surface area contributed by atoms with Crippen LogP contribution in [0.4, 0.5) is 0 Å². The Labute approximate surface area is 108 Å². The van der Waals surface area contributed by atoms with Gasteiger partial charge in [0.1, 0.15) is 5.69 Å². The molecule has 1 aromatic heterocycles. The summed E-state index contributed by atoms with van der Waals surface area (Å²) in [7, 11) is 0. The number of amides is 1. The highest BCUT2D eigenvalue weighted by atomic mass is 16.2. The van der Waals surface area contributed by atoms with Gasteiger partial charge in [0.05, 0.1) is 0 Å². The van der Waals surface area contributed by atoms with Crippen LogP contribution in [-0.2, 0) is 0 Å². The van der Waals surface area contributed by atoms with Crippen molar-refractivity contribution in [2.75, 3.05) is 19.6 Å². The second-order valence-corrected chi connectivity index (χ2v) is 4.80. The van der Waals surface area contributed by atoms with Gasteiger partial charge in [-0.25, -0.2) is 4.98 Å². The fraction of sp³-hybridized carbons (Fsp3) is 0.571. The maximum absolute atomic E-state index is 12.4. The number of hydrogen-bond acceptors (Lipinski definition) is 3. The van der Waals surface area contributed by atoms with E-state index in [9.17, 15) is 4.79 Å². The van der Waals surface area contributed by atoms with E-state index in [1.807, 2.05) is 30.9 Å². The zero-order valence-corrected chi connectivity index (χ0v) is 11.1. The molecule has 4 nitrogen and oxygen atoms in total. The molecule has 0 saturated carbocycles. The van der Waals surface area contributed by atoms with Gasteiger partial charge < -0.3 is 10.2 Å². The van der Waals surface area contributed by atoms with Crippen molar-refractivity contribution in [3.63, 3.8) is 0 Å². The molecule has 1 amide bonds. The first-order valence-corrected chi connectivity index (χ1v) is 6.67. The van der Waals surface area contributed by atoms with E-state index in [-0.39, 0.29) is 5.91 Å². The lowest BCUT2D eigenvalue weighted by Gasteiger charge is -2.24. The molecule has 0 aliphatic carbocycles. The molecule has 0 radical (unpaired) electrons. The first kappa shape index (κ1) is 13.0. The largest absolute Gasteiger partial charge is 0.336 e. The predicted octanol–water partition coefficient (Wildman–Crippen LogP) is 1.60. The maximum Gasteiger partial charge on any atom is 0.272 e. The molecule has 1 aromatic rings. The minimum atomic E-state index is 0.0369. The number of aromatic nitrogens is 1. The van der Waals surface area contributed by atoms with Crippen LogP contribution in [0.1, 0.15) is 35.9 Å². The van der Waals surface area contributed by atoms with Crippen LogP contribution in [0.5, 0.6) is 0 Å². The zero-order valence-electron chi connectivity index (χ0n) is 11.1. The van der Waals surface area contributed by atoms with E-state index in [1.54, 1.807) is 6.07 Å². The molecule has 1 aliphatic rings. The van der Waals surface area contributed by atoms with Crippen LogP contribution >= 0.6 is 0 Å². The van der Waals surface area contributed by atoms with Crippen molar-refractivity contribution in [1.29, 1.82) is 0 Å². The van der Waals surface area contributed by atoms with Gasteiger partial charge in [0, 0.05) is 24.8 Å². The zero-order chi connectivity index (χ0) is 13.0. The fourth-order valence-electron chi connectivity index (χ4n) is 2.36. The predicted molar refractivity (Wildman–Crippen MR) is 71.6 cm³/mol. The van der Waals surface area contributed by atoms with Gasteiger partial charge in [-0.05, 0) is 45.4 Å². The quantitative estimate of drug-likeness (QED) is 0.879. The Bertz CT molecular complexity index is 413. The Morgan fingerprint density at radius 2 is 2.39 bits per heavy atom. The molecule has 18 heavy (non-hydrogen) atoms. The van der Waals surface area contributed by atoms with E-state index >= 15 is 0 Å². The molecular weight excluding hydrogens is 226 g/mol. The van der Waals surface area contributed by atoms with Gasteiger partial charge in [-0.2, -0.15) is 0 Å². The van der Waals surface area contributed by atoms with Crippen LogP contribution in [-0.4, -0.2) is 41.5 Å². The normalized spacial score (nSPS) is 18.9. The van der Waals surface area contributed by atoms with Crippen molar-refractivity contribution in [3.8, 4) is 0 Å². The topological polar surface area (TPSA) is 45.2 Å². The van der Waals surface area contributed by atoms with Crippen molar-refractivity contribution in [2.45, 2.75) is 32.7 Å². The number of likely N-dealkylation sites (N-methyl/N-ethyl adjacent to an activating group) is 1. The number of rotatable bonds is 4. The van der Waals surface area contributed by atoms with Crippen LogP contribution in [0.15, 0.2) is 18.2 Å². The van der Waals surface area contributed by atoms with E-state index in [4.69, 9.17) is 0 Å². The van der Waals surface area contributed by atoms with Crippen molar-refractivity contribution in [1.82, 2.24) is 15.2 Å². The maximum atomic E-state index is 12.4. The van der Waals surface area contributed by atoms with Gasteiger partial charge in [0.15, 0.2) is 0 Å². The van der Waals surface area contributed by atoms with Crippen molar-refractivity contribution < 1.29 is 4.79 Å². The number of nitrogens with one attached hydrogen (secondary N) is 1. The van der Waals surface area contributed by atoms with Gasteiger partial charge in [0.25, 0.3) is 5.91 Å². The summed E-state index contributed by atoms with van der Waals surface area (Å²) >= 11 is 0. The smallest absolute Gasteiger partial charge is 0.272 e. The molecule has 4 heteroatoms. The average molecular weight is 247 g/mol. The highest BCUT2D eigenvalue weighted by molar-refractivity contribution is 5.92.